The maximum Gasteiger partial charge on any atom is 0.316 e. The topological polar surface area (TPSA) is 30.5 Å². The first kappa shape index (κ1) is 68.4. The lowest BCUT2D eigenvalue weighted by molar-refractivity contribution is -0.675. The van der Waals surface area contributed by atoms with Crippen LogP contribution in [0.25, 0.3) is 222 Å². The molecule has 24 aromatic carbocycles. The van der Waals surface area contributed by atoms with Gasteiger partial charge in [0.15, 0.2) is 0 Å². The molecule has 1 unspecified atom stereocenters. The SMILES string of the molecule is C1C2[C@@H]3[C@H]4[C@@H]5[C@H]6C[C@@H]7C[C@@]89C[C@@]%10%11C[C@@H]%12C[C@H]%13[C@@H]%14[C@H]%15[C@H]2[C@]2%16C[C@H]1C[C@]31C[C@@]5(C7)[C@H]8[C@@]([C@H]%10[C@@]%14(C%12)C2)([C@@H]1%16)[C@]4%15[C@@H]([C@@H]69)[C@H]%13%11.[MgH2].[N-3].c1cc2ccc3cc4cccc5ccc6cc(c1)c2c3c6c54.c1cc2ccc3cc4cccc5ccc6cc(c1)c2c3c6c54.c1cc2ccc3cc4cccc5ccc6cc(c1)c2c3c6c54.c1cc2ccc3cc4cccc5ccc6cc(c1)c2c3c6c54. The third-order valence-electron chi connectivity index (χ3n) is 44.5. The molecule has 27 saturated carbocycles. The normalized spacial score (nSPS) is 38.1. The predicted molar refractivity (Wildman–Crippen MR) is 535 cm³/mol. The summed E-state index contributed by atoms with van der Waals surface area (Å²) in [6.07, 6.45) is 21.7. The van der Waals surface area contributed by atoms with E-state index in [2.05, 4.69) is 291 Å². The zero-order chi connectivity index (χ0) is 79.9. The van der Waals surface area contributed by atoms with Gasteiger partial charge < -0.3 is 6.15 Å². The van der Waals surface area contributed by atoms with Crippen molar-refractivity contribution in [1.82, 2.24) is 0 Å². The van der Waals surface area contributed by atoms with Crippen molar-refractivity contribution >= 4 is 239 Å². The number of benzene rings is 24. The van der Waals surface area contributed by atoms with Crippen molar-refractivity contribution in [2.45, 2.75) is 77.0 Å². The van der Waals surface area contributed by atoms with Crippen molar-refractivity contribution in [1.29, 1.82) is 0 Å². The fourth-order valence-corrected chi connectivity index (χ4v) is 45.8. The minimum atomic E-state index is 0. The molecule has 51 rings (SSSR count). The van der Waals surface area contributed by atoms with Crippen LogP contribution in [0.3, 0.4) is 0 Å². The van der Waals surface area contributed by atoms with Crippen molar-refractivity contribution in [2.24, 2.45) is 150 Å². The van der Waals surface area contributed by atoms with Crippen LogP contribution >= 0.6 is 0 Å². The summed E-state index contributed by atoms with van der Waals surface area (Å²) in [6, 6.07) is 108. The van der Waals surface area contributed by atoms with Gasteiger partial charge >= 0.3 is 23.1 Å². The van der Waals surface area contributed by atoms with Gasteiger partial charge in [-0.15, -0.1) is 0 Å². The van der Waals surface area contributed by atoms with Crippen molar-refractivity contribution in [3.05, 3.63) is 297 Å². The van der Waals surface area contributed by atoms with E-state index in [9.17, 15) is 0 Å². The molecule has 128 heavy (non-hydrogen) atoms. The van der Waals surface area contributed by atoms with Gasteiger partial charge in [-0.1, -0.05) is 243 Å². The summed E-state index contributed by atoms with van der Waals surface area (Å²) in [7, 11) is 0. The Morgan fingerprint density at radius 3 is 0.484 bits per heavy atom. The maximum atomic E-state index is 2.34. The molecule has 606 valence electrons. The van der Waals surface area contributed by atoms with Crippen LogP contribution in [0.4, 0.5) is 0 Å². The van der Waals surface area contributed by atoms with Gasteiger partial charge in [0, 0.05) is 0 Å². The number of hydrogen-bond donors (Lipinski definition) is 0. The predicted octanol–water partition coefficient (Wildman–Crippen LogP) is 31.6. The smallest absolute Gasteiger partial charge is 0.316 e. The highest BCUT2D eigenvalue weighted by Crippen LogP contribution is 3.17. The largest absolute Gasteiger partial charge is 3.00 e. The van der Waals surface area contributed by atoms with Gasteiger partial charge in [0.1, 0.15) is 0 Å². The number of hydrogen-bond acceptors (Lipinski definition) is 0. The molecule has 26 bridgehead atoms. The Morgan fingerprint density at radius 2 is 0.312 bits per heavy atom. The van der Waals surface area contributed by atoms with Crippen LogP contribution in [0.5, 0.6) is 0 Å². The lowest BCUT2D eigenvalue weighted by Gasteiger charge is -3.14. The van der Waals surface area contributed by atoms with Gasteiger partial charge in [-0.05, 0) is 491 Å². The van der Waals surface area contributed by atoms with Gasteiger partial charge in [0.2, 0.25) is 0 Å². The summed E-state index contributed by atoms with van der Waals surface area (Å²) in [4.78, 5) is 0. The Morgan fingerprint density at radius 1 is 0.164 bits per heavy atom. The number of nitrogens with zero attached hydrogens (tertiary/aromatic N) is 1. The molecule has 0 aliphatic heterocycles. The third-order valence-corrected chi connectivity index (χ3v) is 44.5. The molecule has 27 aliphatic rings. The Kier molecular flexibility index (Phi) is 11.2. The van der Waals surface area contributed by atoms with E-state index in [1.807, 2.05) is 19.3 Å². The highest BCUT2D eigenvalue weighted by molar-refractivity contribution is 6.41. The lowest BCUT2D eigenvalue weighted by atomic mass is 8.90. The van der Waals surface area contributed by atoms with Crippen molar-refractivity contribution in [3.8, 4) is 0 Å². The second-order valence-electron chi connectivity index (χ2n) is 47.3. The Balaban J connectivity index is 0.0000000718. The monoisotopic (exact) mass is 1640 g/mol. The van der Waals surface area contributed by atoms with Gasteiger partial charge in [-0.25, -0.2) is 0 Å². The van der Waals surface area contributed by atoms with Crippen LogP contribution in [0.15, 0.2) is 291 Å². The highest BCUT2D eigenvalue weighted by atomic mass is 24.3. The molecule has 0 radical (unpaired) electrons. The van der Waals surface area contributed by atoms with Crippen molar-refractivity contribution in [2.75, 3.05) is 0 Å². The summed E-state index contributed by atoms with van der Waals surface area (Å²) in [5.74, 6) is 22.9. The molecule has 0 heterocycles. The first-order chi connectivity index (χ1) is 62.2. The van der Waals surface area contributed by atoms with E-state index >= 15 is 0 Å². The van der Waals surface area contributed by atoms with Crippen LogP contribution < -0.4 is 0 Å². The molecule has 27 fully saturated rings. The van der Waals surface area contributed by atoms with E-state index in [4.69, 9.17) is 0 Å². The first-order valence-electron chi connectivity index (χ1n) is 49.4. The Bertz CT molecular complexity index is 7760. The molecule has 26 atom stereocenters. The van der Waals surface area contributed by atoms with Crippen LogP contribution in [-0.4, -0.2) is 23.1 Å². The highest BCUT2D eigenvalue weighted by Gasteiger charge is 3.12. The molecule has 0 saturated heterocycles. The lowest BCUT2D eigenvalue weighted by Crippen LogP contribution is -3.10. The molecule has 24 aromatic rings. The molecule has 0 amide bonds. The minimum Gasteiger partial charge on any atom is -3.00 e. The summed E-state index contributed by atoms with van der Waals surface area (Å²) in [5.41, 5.74) is 7.37. The quantitative estimate of drug-likeness (QED) is 0.0823. The van der Waals surface area contributed by atoms with Crippen LogP contribution in [0, 0.1) is 150 Å². The van der Waals surface area contributed by atoms with Crippen LogP contribution in [-0.2, 0) is 0 Å². The molecule has 1 nitrogen and oxygen atoms in total. The maximum absolute atomic E-state index is 2.34. The van der Waals surface area contributed by atoms with Crippen LogP contribution in [0.1, 0.15) is 77.0 Å². The molecule has 8 spiro atoms. The third kappa shape index (κ3) is 6.58. The molecule has 2 heteroatoms. The molecule has 27 aliphatic carbocycles. The van der Waals surface area contributed by atoms with E-state index in [-0.39, 0.29) is 29.2 Å². The standard InChI is InChI=1S/C38H42.4C22H12.Mg.N.2H/c1-13-4-31-10-33-6-14-2-17-21(33)25-19(31)16(1)20-26-22-18-3-15-7-34(22)11-32(20,5-13)28(31)38-29(33)35(8-14)12-36(9-15,30(34)38)24(18)27(23(17)35)37(25,26)38;4*1-3-13-7-9-18-12-16-6-2-4-14-8-10-17-11-15(5-1)19(13)21(18)22(17)20(14)16;;;;/h13-30H,1-12H2;4*1-12H;;;;/q;;;;;;-3;;/t13-,14+,15-,16+,17-,18?,19-,20+,21+,22-,23-,24+,25+,26-,27+,28+,29-,30+,31+,32-,33-,34-,35+,36-,37-,38-;;;;;;;;/m0......../s1. The molecular formula is C126H92MgN-3. The summed E-state index contributed by atoms with van der Waals surface area (Å²) >= 11 is 0. The Labute approximate surface area is 756 Å². The van der Waals surface area contributed by atoms with E-state index < -0.39 is 0 Å². The second-order valence-corrected chi connectivity index (χ2v) is 47.3. The van der Waals surface area contributed by atoms with E-state index in [0.717, 1.165) is 43.3 Å². The first-order valence-corrected chi connectivity index (χ1v) is 49.4. The average Bonchev–Trinajstić information content (AvgIpc) is 0.542. The average molecular weight is 1640 g/mol. The van der Waals surface area contributed by atoms with Gasteiger partial charge in [0.25, 0.3) is 0 Å². The van der Waals surface area contributed by atoms with Gasteiger partial charge in [0.05, 0.1) is 0 Å². The number of rotatable bonds is 0. The van der Waals surface area contributed by atoms with Crippen molar-refractivity contribution < 1.29 is 0 Å². The molecule has 0 N–H and O–H groups in total. The Hall–Kier alpha value is -10.7. The fourth-order valence-electron chi connectivity index (χ4n) is 45.8. The molecule has 0 aromatic heterocycles. The van der Waals surface area contributed by atoms with E-state index in [1.165, 1.54) is 322 Å². The second kappa shape index (κ2) is 21.0. The van der Waals surface area contributed by atoms with E-state index in [0.29, 0.717) is 0 Å². The fraction of sp³-hybridized carbons (Fsp3) is 0.302. The van der Waals surface area contributed by atoms with Crippen molar-refractivity contribution in [3.63, 3.8) is 0 Å². The summed E-state index contributed by atoms with van der Waals surface area (Å²) in [5, 5.41) is 54.9. The van der Waals surface area contributed by atoms with Crippen LogP contribution in [0.2, 0.25) is 0 Å². The van der Waals surface area contributed by atoms with Gasteiger partial charge in [-0.2, -0.15) is 0 Å². The zero-order valence-electron chi connectivity index (χ0n) is 71.0. The molecular weight excluding hydrogens is 1550 g/mol. The zero-order valence-corrected chi connectivity index (χ0v) is 71.0. The van der Waals surface area contributed by atoms with E-state index in [1.54, 1.807) is 57.8 Å². The summed E-state index contributed by atoms with van der Waals surface area (Å²) < 4.78 is 0. The summed E-state index contributed by atoms with van der Waals surface area (Å²) in [6.45, 7) is 0. The van der Waals surface area contributed by atoms with Gasteiger partial charge in [-0.3, -0.25) is 0 Å². The minimum absolute atomic E-state index is 0.